The van der Waals surface area contributed by atoms with E-state index >= 15 is 0 Å². The zero-order valence-electron chi connectivity index (χ0n) is 8.30. The van der Waals surface area contributed by atoms with Crippen molar-refractivity contribution in [2.24, 2.45) is 0 Å². The molecule has 0 amide bonds. The van der Waals surface area contributed by atoms with Crippen molar-refractivity contribution in [3.8, 4) is 11.5 Å². The number of methoxy groups -OCH3 is 1. The summed E-state index contributed by atoms with van der Waals surface area (Å²) in [4.78, 5) is 0. The fraction of sp³-hybridized carbons (Fsp3) is 0.400. The van der Waals surface area contributed by atoms with Gasteiger partial charge in [0, 0.05) is 0 Å². The van der Waals surface area contributed by atoms with Crippen molar-refractivity contribution in [2.75, 3.05) is 7.11 Å². The smallest absolute Gasteiger partial charge is 0.135 e. The maximum atomic E-state index is 5.59. The lowest BCUT2D eigenvalue weighted by Crippen LogP contribution is -2.06. The van der Waals surface area contributed by atoms with E-state index in [1.54, 1.807) is 7.11 Å². The van der Waals surface area contributed by atoms with Crippen LogP contribution >= 0.6 is 31.9 Å². The third kappa shape index (κ3) is 2.89. The Morgan fingerprint density at radius 1 is 1.07 bits per heavy atom. The summed E-state index contributed by atoms with van der Waals surface area (Å²) < 4.78 is 12.5. The van der Waals surface area contributed by atoms with Crippen LogP contribution in [0.5, 0.6) is 11.5 Å². The molecule has 0 aliphatic carbocycles. The van der Waals surface area contributed by atoms with E-state index < -0.39 is 0 Å². The third-order valence-electron chi connectivity index (χ3n) is 1.57. The quantitative estimate of drug-likeness (QED) is 0.836. The highest BCUT2D eigenvalue weighted by atomic mass is 79.9. The summed E-state index contributed by atoms with van der Waals surface area (Å²) in [5.41, 5.74) is 0. The topological polar surface area (TPSA) is 18.5 Å². The molecule has 0 fully saturated rings. The minimum absolute atomic E-state index is 0.159. The molecular formula is C10H12Br2O2. The third-order valence-corrected chi connectivity index (χ3v) is 2.81. The molecule has 1 aromatic carbocycles. The van der Waals surface area contributed by atoms with Gasteiger partial charge in [0.15, 0.2) is 0 Å². The predicted molar refractivity (Wildman–Crippen MR) is 64.2 cm³/mol. The van der Waals surface area contributed by atoms with Crippen molar-refractivity contribution in [2.45, 2.75) is 20.0 Å². The summed E-state index contributed by atoms with van der Waals surface area (Å²) in [5, 5.41) is 0. The second-order valence-electron chi connectivity index (χ2n) is 3.08. The van der Waals surface area contributed by atoms with Crippen molar-refractivity contribution in [3.05, 3.63) is 21.1 Å². The molecule has 1 aromatic rings. The van der Waals surface area contributed by atoms with Crippen LogP contribution in [-0.2, 0) is 0 Å². The first-order chi connectivity index (χ1) is 6.54. The molecule has 0 saturated carbocycles. The minimum atomic E-state index is 0.159. The second-order valence-corrected chi connectivity index (χ2v) is 4.79. The first-order valence-electron chi connectivity index (χ1n) is 4.24. The Morgan fingerprint density at radius 2 is 1.57 bits per heavy atom. The predicted octanol–water partition coefficient (Wildman–Crippen LogP) is 4.01. The van der Waals surface area contributed by atoms with Crippen molar-refractivity contribution in [3.63, 3.8) is 0 Å². The molecule has 2 nitrogen and oxygen atoms in total. The molecule has 0 spiro atoms. The molecule has 0 saturated heterocycles. The van der Waals surface area contributed by atoms with E-state index in [4.69, 9.17) is 9.47 Å². The number of hydrogen-bond donors (Lipinski definition) is 0. The zero-order valence-corrected chi connectivity index (χ0v) is 11.5. The Balaban J connectivity index is 3.02. The lowest BCUT2D eigenvalue weighted by atomic mass is 10.3. The average Bonchev–Trinajstić information content (AvgIpc) is 2.10. The highest BCUT2D eigenvalue weighted by molar-refractivity contribution is 9.11. The Hall–Kier alpha value is -0.220. The van der Waals surface area contributed by atoms with Gasteiger partial charge in [0.05, 0.1) is 22.2 Å². The van der Waals surface area contributed by atoms with Crippen molar-refractivity contribution in [1.29, 1.82) is 0 Å². The van der Waals surface area contributed by atoms with Gasteiger partial charge in [0.25, 0.3) is 0 Å². The molecule has 0 aromatic heterocycles. The fourth-order valence-corrected chi connectivity index (χ4v) is 1.91. The van der Waals surface area contributed by atoms with Crippen molar-refractivity contribution < 1.29 is 9.47 Å². The summed E-state index contributed by atoms with van der Waals surface area (Å²) in [6.07, 6.45) is 0.159. The summed E-state index contributed by atoms with van der Waals surface area (Å²) in [6.45, 7) is 3.98. The Labute approximate surface area is 101 Å². The Bertz CT molecular complexity index is 324. The van der Waals surface area contributed by atoms with Crippen LogP contribution in [0.25, 0.3) is 0 Å². The highest BCUT2D eigenvalue weighted by Gasteiger charge is 2.08. The number of halogens is 2. The van der Waals surface area contributed by atoms with Crippen LogP contribution in [0.2, 0.25) is 0 Å². The van der Waals surface area contributed by atoms with Gasteiger partial charge in [-0.3, -0.25) is 0 Å². The van der Waals surface area contributed by atoms with Gasteiger partial charge < -0.3 is 9.47 Å². The Kier molecular flexibility index (Phi) is 4.26. The number of benzene rings is 1. The van der Waals surface area contributed by atoms with E-state index in [-0.39, 0.29) is 6.10 Å². The highest BCUT2D eigenvalue weighted by Crippen LogP contribution is 2.36. The molecule has 0 aliphatic heterocycles. The van der Waals surface area contributed by atoms with Crippen LogP contribution in [0, 0.1) is 0 Å². The molecule has 78 valence electrons. The van der Waals surface area contributed by atoms with E-state index in [2.05, 4.69) is 31.9 Å². The van der Waals surface area contributed by atoms with Crippen molar-refractivity contribution >= 4 is 31.9 Å². The summed E-state index contributed by atoms with van der Waals surface area (Å²) in [5.74, 6) is 1.60. The lowest BCUT2D eigenvalue weighted by Gasteiger charge is -2.13. The van der Waals surface area contributed by atoms with E-state index in [0.29, 0.717) is 0 Å². The first-order valence-corrected chi connectivity index (χ1v) is 5.83. The van der Waals surface area contributed by atoms with Crippen LogP contribution in [0.3, 0.4) is 0 Å². The molecule has 0 bridgehead atoms. The number of ether oxygens (including phenoxy) is 2. The summed E-state index contributed by atoms with van der Waals surface area (Å²) >= 11 is 6.83. The van der Waals surface area contributed by atoms with Gasteiger partial charge in [-0.15, -0.1) is 0 Å². The second kappa shape index (κ2) is 5.03. The van der Waals surface area contributed by atoms with Crippen LogP contribution in [0.15, 0.2) is 21.1 Å². The molecule has 0 radical (unpaired) electrons. The van der Waals surface area contributed by atoms with Crippen LogP contribution < -0.4 is 9.47 Å². The molecule has 4 heteroatoms. The number of rotatable bonds is 3. The van der Waals surface area contributed by atoms with Crippen LogP contribution in [-0.4, -0.2) is 13.2 Å². The fourth-order valence-electron chi connectivity index (χ4n) is 1.01. The summed E-state index contributed by atoms with van der Waals surface area (Å²) in [6, 6.07) is 3.77. The molecule has 1 rings (SSSR count). The van der Waals surface area contributed by atoms with Gasteiger partial charge in [-0.2, -0.15) is 0 Å². The lowest BCUT2D eigenvalue weighted by molar-refractivity contribution is 0.240. The average molecular weight is 324 g/mol. The van der Waals surface area contributed by atoms with Gasteiger partial charge in [-0.25, -0.2) is 0 Å². The molecular weight excluding hydrogens is 312 g/mol. The molecule has 0 atom stereocenters. The van der Waals surface area contributed by atoms with Gasteiger partial charge in [0.1, 0.15) is 11.5 Å². The van der Waals surface area contributed by atoms with Gasteiger partial charge in [-0.05, 0) is 57.8 Å². The summed E-state index contributed by atoms with van der Waals surface area (Å²) in [7, 11) is 1.63. The molecule has 0 aliphatic rings. The van der Waals surface area contributed by atoms with Gasteiger partial charge in [0.2, 0.25) is 0 Å². The maximum Gasteiger partial charge on any atom is 0.135 e. The van der Waals surface area contributed by atoms with Gasteiger partial charge in [-0.1, -0.05) is 0 Å². The monoisotopic (exact) mass is 322 g/mol. The van der Waals surface area contributed by atoms with E-state index in [1.165, 1.54) is 0 Å². The maximum absolute atomic E-state index is 5.59. The van der Waals surface area contributed by atoms with Crippen molar-refractivity contribution in [1.82, 2.24) is 0 Å². The van der Waals surface area contributed by atoms with E-state index in [9.17, 15) is 0 Å². The molecule has 0 unspecified atom stereocenters. The van der Waals surface area contributed by atoms with Crippen LogP contribution in [0.1, 0.15) is 13.8 Å². The van der Waals surface area contributed by atoms with Gasteiger partial charge >= 0.3 is 0 Å². The zero-order chi connectivity index (χ0) is 10.7. The molecule has 0 heterocycles. The number of hydrogen-bond acceptors (Lipinski definition) is 2. The standard InChI is InChI=1S/C10H12Br2O2/c1-6(2)14-10-5-7(11)9(13-3)4-8(10)12/h4-6H,1-3H3. The normalized spacial score (nSPS) is 10.4. The molecule has 0 N–H and O–H groups in total. The van der Waals surface area contributed by atoms with E-state index in [0.717, 1.165) is 20.4 Å². The largest absolute Gasteiger partial charge is 0.496 e. The van der Waals surface area contributed by atoms with E-state index in [1.807, 2.05) is 26.0 Å². The minimum Gasteiger partial charge on any atom is -0.496 e. The first kappa shape index (κ1) is 11.9. The molecule has 14 heavy (non-hydrogen) atoms. The Morgan fingerprint density at radius 3 is 2.07 bits per heavy atom. The van der Waals surface area contributed by atoms with Crippen LogP contribution in [0.4, 0.5) is 0 Å². The SMILES string of the molecule is COc1cc(Br)c(OC(C)C)cc1Br.